The van der Waals surface area contributed by atoms with Crippen molar-refractivity contribution >= 4 is 32.7 Å². The molecule has 3 N–H and O–H groups in total. The van der Waals surface area contributed by atoms with Crippen molar-refractivity contribution < 1.29 is 12.8 Å². The van der Waals surface area contributed by atoms with Crippen molar-refractivity contribution in [2.24, 2.45) is 0 Å². The fourth-order valence-electron chi connectivity index (χ4n) is 1.33. The number of anilines is 2. The van der Waals surface area contributed by atoms with Gasteiger partial charge in [0.05, 0.1) is 5.69 Å². The summed E-state index contributed by atoms with van der Waals surface area (Å²) in [4.78, 5) is 0. The largest absolute Gasteiger partial charge is 0.398 e. The normalized spacial score (nSPS) is 11.4. The van der Waals surface area contributed by atoms with Crippen LogP contribution in [0, 0.1) is 12.7 Å². The Hall–Kier alpha value is -1.60. The summed E-state index contributed by atoms with van der Waals surface area (Å²) in [6.45, 7) is 1.60. The summed E-state index contributed by atoms with van der Waals surface area (Å²) in [5.74, 6) is -0.458. The monoisotopic (exact) mass is 286 g/mol. The van der Waals surface area contributed by atoms with Crippen molar-refractivity contribution in [3.05, 3.63) is 41.0 Å². The van der Waals surface area contributed by atoms with E-state index in [1.165, 1.54) is 23.6 Å². The van der Waals surface area contributed by atoms with Gasteiger partial charge >= 0.3 is 0 Å². The molecular weight excluding hydrogens is 275 g/mol. The first-order chi connectivity index (χ1) is 8.38. The molecular formula is C11H11FN2O2S2. The van der Waals surface area contributed by atoms with Crippen LogP contribution < -0.4 is 10.5 Å². The van der Waals surface area contributed by atoms with Gasteiger partial charge in [0.1, 0.15) is 10.0 Å². The van der Waals surface area contributed by atoms with Gasteiger partial charge in [0.25, 0.3) is 10.0 Å². The number of nitrogens with one attached hydrogen (secondary N) is 1. The molecule has 0 atom stereocenters. The molecule has 0 fully saturated rings. The summed E-state index contributed by atoms with van der Waals surface area (Å²) in [5, 5.41) is 1.53. The van der Waals surface area contributed by atoms with E-state index in [-0.39, 0.29) is 9.90 Å². The molecule has 2 aromatic rings. The van der Waals surface area contributed by atoms with E-state index in [4.69, 9.17) is 5.73 Å². The average molecular weight is 286 g/mol. The van der Waals surface area contributed by atoms with Crippen LogP contribution in [0.3, 0.4) is 0 Å². The average Bonchev–Trinajstić information content (AvgIpc) is 2.71. The maximum Gasteiger partial charge on any atom is 0.271 e. The van der Waals surface area contributed by atoms with Crippen molar-refractivity contribution in [3.63, 3.8) is 0 Å². The second-order valence-corrected chi connectivity index (χ2v) is 6.59. The topological polar surface area (TPSA) is 72.2 Å². The number of nitrogens with two attached hydrogens (primary N) is 1. The SMILES string of the molecule is Cc1ccc(NS(=O)(=O)c2cc(N)cs2)cc1F. The Kier molecular flexibility index (Phi) is 3.27. The quantitative estimate of drug-likeness (QED) is 0.911. The Labute approximate surface area is 108 Å². The number of sulfonamides is 1. The van der Waals surface area contributed by atoms with E-state index in [9.17, 15) is 12.8 Å². The van der Waals surface area contributed by atoms with Gasteiger partial charge in [0, 0.05) is 11.1 Å². The van der Waals surface area contributed by atoms with Crippen molar-refractivity contribution in [1.29, 1.82) is 0 Å². The van der Waals surface area contributed by atoms with Gasteiger partial charge in [0.2, 0.25) is 0 Å². The van der Waals surface area contributed by atoms with Gasteiger partial charge in [-0.25, -0.2) is 12.8 Å². The van der Waals surface area contributed by atoms with E-state index in [0.29, 0.717) is 11.3 Å². The molecule has 0 amide bonds. The summed E-state index contributed by atoms with van der Waals surface area (Å²) in [6, 6.07) is 5.52. The van der Waals surface area contributed by atoms with E-state index < -0.39 is 15.8 Å². The highest BCUT2D eigenvalue weighted by molar-refractivity contribution is 7.94. The van der Waals surface area contributed by atoms with Crippen LogP contribution in [0.25, 0.3) is 0 Å². The number of benzene rings is 1. The first-order valence-corrected chi connectivity index (χ1v) is 7.38. The third kappa shape index (κ3) is 2.62. The van der Waals surface area contributed by atoms with Crippen LogP contribution in [-0.4, -0.2) is 8.42 Å². The Balaban J connectivity index is 2.30. The van der Waals surface area contributed by atoms with Gasteiger partial charge in [-0.05, 0) is 30.7 Å². The third-order valence-electron chi connectivity index (χ3n) is 2.28. The smallest absolute Gasteiger partial charge is 0.271 e. The van der Waals surface area contributed by atoms with Crippen LogP contribution in [0.4, 0.5) is 15.8 Å². The van der Waals surface area contributed by atoms with E-state index in [2.05, 4.69) is 4.72 Å². The molecule has 0 spiro atoms. The first kappa shape index (κ1) is 12.8. The standard InChI is InChI=1S/C11H11FN2O2S2/c1-7-2-3-9(5-10(7)12)14-18(15,16)11-4-8(13)6-17-11/h2-6,14H,13H2,1H3. The minimum absolute atomic E-state index is 0.0981. The molecule has 0 aliphatic rings. The molecule has 0 aliphatic carbocycles. The number of rotatable bonds is 3. The molecule has 2 rings (SSSR count). The lowest BCUT2D eigenvalue weighted by molar-refractivity contribution is 0.603. The molecule has 1 aromatic heterocycles. The highest BCUT2D eigenvalue weighted by Crippen LogP contribution is 2.24. The molecule has 0 saturated heterocycles. The van der Waals surface area contributed by atoms with Gasteiger partial charge in [-0.2, -0.15) is 0 Å². The number of halogens is 1. The molecule has 1 aromatic carbocycles. The molecule has 0 saturated carbocycles. The zero-order valence-electron chi connectivity index (χ0n) is 9.48. The molecule has 0 aliphatic heterocycles. The summed E-state index contributed by atoms with van der Waals surface area (Å²) >= 11 is 1.01. The van der Waals surface area contributed by atoms with Gasteiger partial charge in [0.15, 0.2) is 0 Å². The Morgan fingerprint density at radius 3 is 2.61 bits per heavy atom. The lowest BCUT2D eigenvalue weighted by atomic mass is 10.2. The molecule has 0 unspecified atom stereocenters. The number of thiophene rings is 1. The highest BCUT2D eigenvalue weighted by Gasteiger charge is 2.16. The summed E-state index contributed by atoms with van der Waals surface area (Å²) in [7, 11) is -3.70. The molecule has 4 nitrogen and oxygen atoms in total. The second kappa shape index (κ2) is 4.58. The summed E-state index contributed by atoms with van der Waals surface area (Å²) in [6.07, 6.45) is 0. The molecule has 1 heterocycles. The van der Waals surface area contributed by atoms with E-state index in [1.54, 1.807) is 6.92 Å². The molecule has 18 heavy (non-hydrogen) atoms. The maximum absolute atomic E-state index is 13.3. The first-order valence-electron chi connectivity index (χ1n) is 5.01. The van der Waals surface area contributed by atoms with Crippen LogP contribution in [0.1, 0.15) is 5.56 Å². The van der Waals surface area contributed by atoms with E-state index in [0.717, 1.165) is 17.4 Å². The second-order valence-electron chi connectivity index (χ2n) is 3.77. The number of hydrogen-bond acceptors (Lipinski definition) is 4. The third-order valence-corrected chi connectivity index (χ3v) is 5.12. The lowest BCUT2D eigenvalue weighted by Crippen LogP contribution is -2.11. The van der Waals surface area contributed by atoms with Crippen LogP contribution in [0.2, 0.25) is 0 Å². The summed E-state index contributed by atoms with van der Waals surface area (Å²) < 4.78 is 39.6. The maximum atomic E-state index is 13.3. The predicted octanol–water partition coefficient (Wildman–Crippen LogP) is 2.58. The summed E-state index contributed by atoms with van der Waals surface area (Å²) in [5.41, 5.74) is 6.50. The van der Waals surface area contributed by atoms with Gasteiger partial charge < -0.3 is 5.73 Å². The number of hydrogen-bond donors (Lipinski definition) is 2. The van der Waals surface area contributed by atoms with Crippen LogP contribution in [0.5, 0.6) is 0 Å². The lowest BCUT2D eigenvalue weighted by Gasteiger charge is -2.06. The number of aryl methyl sites for hydroxylation is 1. The zero-order chi connectivity index (χ0) is 13.3. The van der Waals surface area contributed by atoms with Gasteiger partial charge in [-0.1, -0.05) is 6.07 Å². The van der Waals surface area contributed by atoms with E-state index in [1.807, 2.05) is 0 Å². The van der Waals surface area contributed by atoms with Gasteiger partial charge in [-0.3, -0.25) is 4.72 Å². The number of nitrogen functional groups attached to an aromatic ring is 1. The predicted molar refractivity (Wildman–Crippen MR) is 70.7 cm³/mol. The molecule has 0 radical (unpaired) electrons. The minimum Gasteiger partial charge on any atom is -0.398 e. The Bertz CT molecular complexity index is 680. The molecule has 7 heteroatoms. The van der Waals surface area contributed by atoms with Crippen molar-refractivity contribution in [3.8, 4) is 0 Å². The fourth-order valence-corrected chi connectivity index (χ4v) is 3.46. The molecule has 0 bridgehead atoms. The van der Waals surface area contributed by atoms with Crippen LogP contribution >= 0.6 is 11.3 Å². The highest BCUT2D eigenvalue weighted by atomic mass is 32.2. The Morgan fingerprint density at radius 2 is 2.06 bits per heavy atom. The van der Waals surface area contributed by atoms with Crippen molar-refractivity contribution in [1.82, 2.24) is 0 Å². The Morgan fingerprint density at radius 1 is 1.33 bits per heavy atom. The van der Waals surface area contributed by atoms with Crippen molar-refractivity contribution in [2.45, 2.75) is 11.1 Å². The van der Waals surface area contributed by atoms with Crippen LogP contribution in [-0.2, 0) is 10.0 Å². The van der Waals surface area contributed by atoms with Crippen molar-refractivity contribution in [2.75, 3.05) is 10.5 Å². The van der Waals surface area contributed by atoms with E-state index >= 15 is 0 Å². The zero-order valence-corrected chi connectivity index (χ0v) is 11.1. The fraction of sp³-hybridized carbons (Fsp3) is 0.0909. The minimum atomic E-state index is -3.70. The molecule has 96 valence electrons. The van der Waals surface area contributed by atoms with Gasteiger partial charge in [-0.15, -0.1) is 11.3 Å². The van der Waals surface area contributed by atoms with Crippen LogP contribution in [0.15, 0.2) is 33.9 Å².